The monoisotopic (exact) mass is 623 g/mol. The smallest absolute Gasteiger partial charge is 0.241 e. The maximum absolute atomic E-state index is 13.7. The number of aliphatic hydroxyl groups is 1. The molecule has 0 radical (unpaired) electrons. The molecule has 11 nitrogen and oxygen atoms in total. The van der Waals surface area contributed by atoms with Gasteiger partial charge in [-0.3, -0.25) is 20.8 Å². The van der Waals surface area contributed by atoms with Crippen molar-refractivity contribution in [1.29, 1.82) is 10.9 Å². The van der Waals surface area contributed by atoms with Gasteiger partial charge in [-0.05, 0) is 62.8 Å². The van der Waals surface area contributed by atoms with Crippen LogP contribution in [0, 0.1) is 22.8 Å². The Labute approximate surface area is 248 Å². The maximum atomic E-state index is 13.7. The lowest BCUT2D eigenvalue weighted by Gasteiger charge is -2.33. The van der Waals surface area contributed by atoms with Crippen molar-refractivity contribution in [2.24, 2.45) is 22.8 Å². The largest absolute Gasteiger partial charge is 0.368 e. The molecule has 41 heavy (non-hydrogen) atoms. The predicted octanol–water partition coefficient (Wildman–Crippen LogP) is 5.29. The van der Waals surface area contributed by atoms with Gasteiger partial charge in [-0.2, -0.15) is 5.53 Å². The molecular formula is C29H38BrN9O2. The summed E-state index contributed by atoms with van der Waals surface area (Å²) in [5.74, 6) is 0.682. The highest BCUT2D eigenvalue weighted by molar-refractivity contribution is 9.10. The summed E-state index contributed by atoms with van der Waals surface area (Å²) in [5.41, 5.74) is 16.2. The van der Waals surface area contributed by atoms with Gasteiger partial charge in [-0.25, -0.2) is 5.01 Å². The van der Waals surface area contributed by atoms with E-state index in [0.717, 1.165) is 33.9 Å². The van der Waals surface area contributed by atoms with Crippen molar-refractivity contribution >= 4 is 50.0 Å². The predicted molar refractivity (Wildman–Crippen MR) is 163 cm³/mol. The van der Waals surface area contributed by atoms with Gasteiger partial charge in [-0.1, -0.05) is 53.2 Å². The van der Waals surface area contributed by atoms with E-state index < -0.39 is 6.35 Å². The zero-order valence-electron chi connectivity index (χ0n) is 23.7. The van der Waals surface area contributed by atoms with Crippen LogP contribution >= 0.6 is 15.9 Å². The van der Waals surface area contributed by atoms with Crippen LogP contribution in [0.3, 0.4) is 0 Å². The Hall–Kier alpha value is -3.32. The summed E-state index contributed by atoms with van der Waals surface area (Å²) in [7, 11) is 0. The lowest BCUT2D eigenvalue weighted by Crippen LogP contribution is -2.49. The Morgan fingerprint density at radius 2 is 1.93 bits per heavy atom. The zero-order valence-corrected chi connectivity index (χ0v) is 25.3. The molecule has 0 bridgehead atoms. The van der Waals surface area contributed by atoms with Gasteiger partial charge in [0.15, 0.2) is 12.2 Å². The summed E-state index contributed by atoms with van der Waals surface area (Å²) >= 11 is 3.52. The van der Waals surface area contributed by atoms with E-state index in [-0.39, 0.29) is 35.9 Å². The molecule has 3 aromatic rings. The molecule has 1 aromatic heterocycles. The zero-order chi connectivity index (χ0) is 29.6. The maximum Gasteiger partial charge on any atom is 0.241 e. The fourth-order valence-corrected chi connectivity index (χ4v) is 6.40. The molecule has 12 heteroatoms. The Kier molecular flexibility index (Phi) is 8.20. The number of carbonyl (C=O) groups is 1. The first-order valence-corrected chi connectivity index (χ1v) is 14.7. The number of anilines is 2. The van der Waals surface area contributed by atoms with E-state index in [4.69, 9.17) is 16.7 Å². The molecule has 1 aliphatic heterocycles. The van der Waals surface area contributed by atoms with Crippen LogP contribution in [0.5, 0.6) is 0 Å². The number of likely N-dealkylation sites (tertiary alicyclic amines) is 1. The standard InChI is InChI=1S/C29H38BrN9O2/c1-15(2)16(3)39(36-33)27(31)19-9-20(30)13-21(10-19)35-28(40)26-12-18-11-25(18)38(26)17(4)34-23-14-37(29(32)41)24-8-6-5-7-22(23)24/h5-10,13-18,25-26,29,31,33-34,41H,11-12,32H2,1-4H3,(H,35,40)/t16?,17?,18?,25-,26?,29?/m1/s1. The Balaban J connectivity index is 1.34. The molecule has 1 saturated carbocycles. The molecule has 2 aromatic carbocycles. The summed E-state index contributed by atoms with van der Waals surface area (Å²) in [5, 5.41) is 31.4. The highest BCUT2D eigenvalue weighted by atomic mass is 79.9. The topological polar surface area (TPSA) is 159 Å². The average Bonchev–Trinajstić information content (AvgIpc) is 3.43. The van der Waals surface area contributed by atoms with Gasteiger partial charge in [0, 0.05) is 33.3 Å². The second-order valence-electron chi connectivity index (χ2n) is 11.5. The highest BCUT2D eigenvalue weighted by Gasteiger charge is 2.55. The summed E-state index contributed by atoms with van der Waals surface area (Å²) in [4.78, 5) is 15.9. The summed E-state index contributed by atoms with van der Waals surface area (Å²) in [6.07, 6.45) is 2.35. The van der Waals surface area contributed by atoms with E-state index in [9.17, 15) is 9.90 Å². The first kappa shape index (κ1) is 29.2. The number of nitrogens with two attached hydrogens (primary N) is 1. The third kappa shape index (κ3) is 5.74. The van der Waals surface area contributed by atoms with Crippen LogP contribution in [0.4, 0.5) is 11.4 Å². The van der Waals surface area contributed by atoms with E-state index in [2.05, 4.69) is 43.6 Å². The second kappa shape index (κ2) is 11.5. The molecule has 7 N–H and O–H groups in total. The van der Waals surface area contributed by atoms with Crippen molar-refractivity contribution in [3.8, 4) is 0 Å². The Bertz CT molecular complexity index is 1470. The van der Waals surface area contributed by atoms with Gasteiger partial charge in [-0.15, -0.1) is 0 Å². The van der Waals surface area contributed by atoms with Crippen LogP contribution in [-0.2, 0) is 4.79 Å². The molecule has 5 unspecified atom stereocenters. The van der Waals surface area contributed by atoms with Gasteiger partial charge in [0.1, 0.15) is 0 Å². The first-order valence-electron chi connectivity index (χ1n) is 13.9. The van der Waals surface area contributed by atoms with Crippen molar-refractivity contribution in [3.63, 3.8) is 0 Å². The lowest BCUT2D eigenvalue weighted by atomic mass is 10.0. The number of para-hydroxylation sites is 1. The molecule has 1 amide bonds. The quantitative estimate of drug-likeness (QED) is 0.0592. The fourth-order valence-electron chi connectivity index (χ4n) is 5.91. The molecule has 2 fully saturated rings. The average molecular weight is 625 g/mol. The minimum Gasteiger partial charge on any atom is -0.368 e. The number of amidine groups is 1. The van der Waals surface area contributed by atoms with Gasteiger partial charge >= 0.3 is 0 Å². The molecule has 0 spiro atoms. The molecule has 2 aliphatic rings. The second-order valence-corrected chi connectivity index (χ2v) is 12.4. The van der Waals surface area contributed by atoms with E-state index in [0.29, 0.717) is 23.2 Å². The van der Waals surface area contributed by atoms with Crippen LogP contribution in [0.25, 0.3) is 10.9 Å². The molecule has 5 rings (SSSR count). The number of aromatic nitrogens is 1. The van der Waals surface area contributed by atoms with Crippen molar-refractivity contribution in [2.75, 3.05) is 10.6 Å². The molecular weight excluding hydrogens is 586 g/mol. The number of amides is 1. The summed E-state index contributed by atoms with van der Waals surface area (Å²) < 4.78 is 2.34. The number of carbonyl (C=O) groups excluding carboxylic acids is 1. The van der Waals surface area contributed by atoms with E-state index in [1.54, 1.807) is 16.7 Å². The van der Waals surface area contributed by atoms with Gasteiger partial charge in [0.25, 0.3) is 0 Å². The number of benzene rings is 2. The van der Waals surface area contributed by atoms with Crippen LogP contribution in [0.15, 0.2) is 58.4 Å². The van der Waals surface area contributed by atoms with Crippen molar-refractivity contribution in [3.05, 3.63) is 58.7 Å². The number of nitrogens with one attached hydrogen (secondary N) is 4. The van der Waals surface area contributed by atoms with Crippen LogP contribution in [0.1, 0.15) is 52.5 Å². The normalized spacial score (nSPS) is 22.2. The number of aliphatic hydroxyl groups excluding tert-OH is 1. The third-order valence-corrected chi connectivity index (χ3v) is 8.88. The number of nitrogens with zero attached hydrogens (tertiary/aromatic N) is 4. The number of hydrogen-bond acceptors (Lipinski definition) is 8. The number of piperidine rings is 1. The number of rotatable bonds is 10. The number of hydrogen-bond donors (Lipinski definition) is 6. The van der Waals surface area contributed by atoms with Crippen LogP contribution in [-0.4, -0.2) is 55.6 Å². The SMILES string of the molecule is CC(C)C(C)N(N=N)C(=N)c1cc(Br)cc(NC(=O)C2CC3C[C@H]3N2C(C)Nc2cn(C(N)O)c3ccccc23)c1. The van der Waals surface area contributed by atoms with Crippen LogP contribution in [0.2, 0.25) is 0 Å². The van der Waals surface area contributed by atoms with Crippen molar-refractivity contribution in [1.82, 2.24) is 14.5 Å². The van der Waals surface area contributed by atoms with Gasteiger partial charge < -0.3 is 20.3 Å². The van der Waals surface area contributed by atoms with Gasteiger partial charge in [0.05, 0.1) is 29.5 Å². The molecule has 1 saturated heterocycles. The molecule has 218 valence electrons. The van der Waals surface area contributed by atoms with Crippen LogP contribution < -0.4 is 16.4 Å². The summed E-state index contributed by atoms with van der Waals surface area (Å²) in [6.45, 7) is 8.04. The molecule has 6 atom stereocenters. The number of halogens is 1. The van der Waals surface area contributed by atoms with E-state index in [1.807, 2.05) is 57.3 Å². The number of fused-ring (bicyclic) bond motifs is 2. The Morgan fingerprint density at radius 3 is 2.61 bits per heavy atom. The van der Waals surface area contributed by atoms with Crippen molar-refractivity contribution < 1.29 is 9.90 Å². The molecule has 2 heterocycles. The molecule has 1 aliphatic carbocycles. The van der Waals surface area contributed by atoms with Crippen molar-refractivity contribution in [2.45, 2.75) is 71.2 Å². The fraction of sp³-hybridized carbons (Fsp3) is 0.448. The van der Waals surface area contributed by atoms with E-state index >= 15 is 0 Å². The first-order chi connectivity index (χ1) is 19.5. The Morgan fingerprint density at radius 1 is 1.20 bits per heavy atom. The van der Waals surface area contributed by atoms with Gasteiger partial charge in [0.2, 0.25) is 5.91 Å². The minimum absolute atomic E-state index is 0.0983. The summed E-state index contributed by atoms with van der Waals surface area (Å²) in [6, 6.07) is 13.0. The minimum atomic E-state index is -1.16. The highest BCUT2D eigenvalue weighted by Crippen LogP contribution is 2.49. The lowest BCUT2D eigenvalue weighted by molar-refractivity contribution is -0.121. The van der Waals surface area contributed by atoms with E-state index in [1.165, 1.54) is 5.01 Å². The third-order valence-electron chi connectivity index (χ3n) is 8.42.